The molecule has 2 heterocycles. The Morgan fingerprint density at radius 3 is 2.84 bits per heavy atom. The van der Waals surface area contributed by atoms with Crippen molar-refractivity contribution in [2.24, 2.45) is 5.92 Å². The van der Waals surface area contributed by atoms with Crippen LogP contribution in [0.25, 0.3) is 11.0 Å². The molecule has 19 heavy (non-hydrogen) atoms. The maximum absolute atomic E-state index is 6.11. The number of imidazole rings is 1. The highest BCUT2D eigenvalue weighted by molar-refractivity contribution is 7.99. The molecule has 2 nitrogen and oxygen atoms in total. The lowest BCUT2D eigenvalue weighted by molar-refractivity contribution is 0.417. The maximum Gasteiger partial charge on any atom is 0.124 e. The number of nitrogens with zero attached hydrogens (tertiary/aromatic N) is 2. The highest BCUT2D eigenvalue weighted by Crippen LogP contribution is 2.28. The van der Waals surface area contributed by atoms with Crippen LogP contribution in [-0.2, 0) is 12.4 Å². The van der Waals surface area contributed by atoms with Crippen LogP contribution in [0.3, 0.4) is 0 Å². The van der Waals surface area contributed by atoms with Crippen molar-refractivity contribution in [3.63, 3.8) is 0 Å². The number of alkyl halides is 1. The lowest BCUT2D eigenvalue weighted by Crippen LogP contribution is -2.17. The number of fused-ring (bicyclic) bond motifs is 1. The number of rotatable bonds is 3. The van der Waals surface area contributed by atoms with Gasteiger partial charge in [0.15, 0.2) is 0 Å². The molecule has 1 aromatic heterocycles. The SMILES string of the molecule is ClCc1nc2ccc(Cl)cc2n1CC1CCSCC1. The average Bonchev–Trinajstić information content (AvgIpc) is 2.78. The number of hydrogen-bond acceptors (Lipinski definition) is 2. The predicted octanol–water partition coefficient (Wildman–Crippen LogP) is 4.57. The number of aromatic nitrogens is 2. The Morgan fingerprint density at radius 1 is 1.32 bits per heavy atom. The third-order valence-corrected chi connectivity index (χ3v) is 5.21. The van der Waals surface area contributed by atoms with Crippen molar-refractivity contribution in [2.45, 2.75) is 25.3 Å². The van der Waals surface area contributed by atoms with Gasteiger partial charge in [0.1, 0.15) is 5.82 Å². The fraction of sp³-hybridized carbons (Fsp3) is 0.500. The first-order valence-corrected chi connectivity index (χ1v) is 8.63. The Hall–Kier alpha value is -0.380. The van der Waals surface area contributed by atoms with E-state index in [1.165, 1.54) is 24.3 Å². The van der Waals surface area contributed by atoms with Gasteiger partial charge in [0, 0.05) is 11.6 Å². The van der Waals surface area contributed by atoms with Gasteiger partial charge >= 0.3 is 0 Å². The Balaban J connectivity index is 1.97. The van der Waals surface area contributed by atoms with E-state index < -0.39 is 0 Å². The van der Waals surface area contributed by atoms with E-state index in [9.17, 15) is 0 Å². The van der Waals surface area contributed by atoms with Crippen LogP contribution in [0.5, 0.6) is 0 Å². The zero-order chi connectivity index (χ0) is 13.2. The molecule has 1 fully saturated rings. The highest BCUT2D eigenvalue weighted by Gasteiger charge is 2.18. The van der Waals surface area contributed by atoms with Gasteiger partial charge in [-0.15, -0.1) is 11.6 Å². The van der Waals surface area contributed by atoms with Gasteiger partial charge in [-0.2, -0.15) is 11.8 Å². The molecule has 0 atom stereocenters. The Morgan fingerprint density at radius 2 is 2.11 bits per heavy atom. The Labute approximate surface area is 127 Å². The van der Waals surface area contributed by atoms with E-state index in [-0.39, 0.29) is 0 Å². The number of hydrogen-bond donors (Lipinski definition) is 0. The van der Waals surface area contributed by atoms with Gasteiger partial charge in [-0.05, 0) is 48.5 Å². The minimum Gasteiger partial charge on any atom is -0.327 e. The summed E-state index contributed by atoms with van der Waals surface area (Å²) in [4.78, 5) is 4.60. The third kappa shape index (κ3) is 2.88. The van der Waals surface area contributed by atoms with Gasteiger partial charge in [0.2, 0.25) is 0 Å². The molecule has 1 aromatic carbocycles. The summed E-state index contributed by atoms with van der Waals surface area (Å²) in [6.45, 7) is 1.01. The van der Waals surface area contributed by atoms with Gasteiger partial charge < -0.3 is 4.57 Å². The fourth-order valence-corrected chi connectivity index (χ4v) is 4.21. The molecule has 5 heteroatoms. The van der Waals surface area contributed by atoms with Crippen LogP contribution in [0.15, 0.2) is 18.2 Å². The summed E-state index contributed by atoms with van der Waals surface area (Å²) >= 11 is 14.2. The molecule has 1 aliphatic heterocycles. The van der Waals surface area contributed by atoms with Gasteiger partial charge in [0.25, 0.3) is 0 Å². The molecule has 2 aromatic rings. The van der Waals surface area contributed by atoms with Crippen molar-refractivity contribution in [1.29, 1.82) is 0 Å². The van der Waals surface area contributed by atoms with Crippen molar-refractivity contribution in [2.75, 3.05) is 11.5 Å². The maximum atomic E-state index is 6.11. The van der Waals surface area contributed by atoms with Gasteiger partial charge in [-0.25, -0.2) is 4.98 Å². The molecule has 0 N–H and O–H groups in total. The molecule has 1 saturated heterocycles. The number of halogens is 2. The molecule has 0 amide bonds. The number of benzene rings is 1. The first-order chi connectivity index (χ1) is 9.28. The zero-order valence-electron chi connectivity index (χ0n) is 10.6. The zero-order valence-corrected chi connectivity index (χ0v) is 12.9. The minimum absolute atomic E-state index is 0.452. The Kier molecular flexibility index (Phi) is 4.25. The number of thioether (sulfide) groups is 1. The van der Waals surface area contributed by atoms with E-state index in [4.69, 9.17) is 23.2 Å². The van der Waals surface area contributed by atoms with Crippen molar-refractivity contribution in [3.05, 3.63) is 29.0 Å². The van der Waals surface area contributed by atoms with Crippen LogP contribution in [0.2, 0.25) is 5.02 Å². The quantitative estimate of drug-likeness (QED) is 0.772. The van der Waals surface area contributed by atoms with E-state index in [0.29, 0.717) is 5.88 Å². The highest BCUT2D eigenvalue weighted by atomic mass is 35.5. The van der Waals surface area contributed by atoms with E-state index >= 15 is 0 Å². The second-order valence-corrected chi connectivity index (χ2v) is 6.89. The summed E-state index contributed by atoms with van der Waals surface area (Å²) < 4.78 is 2.26. The van der Waals surface area contributed by atoms with Crippen LogP contribution in [-0.4, -0.2) is 21.1 Å². The molecular weight excluding hydrogens is 299 g/mol. The van der Waals surface area contributed by atoms with E-state index in [1.54, 1.807) is 0 Å². The van der Waals surface area contributed by atoms with Gasteiger partial charge in [0.05, 0.1) is 16.9 Å². The van der Waals surface area contributed by atoms with Crippen LogP contribution in [0, 0.1) is 5.92 Å². The first kappa shape index (κ1) is 13.6. The van der Waals surface area contributed by atoms with Crippen molar-refractivity contribution >= 4 is 46.0 Å². The standard InChI is InChI=1S/C14H16Cl2N2S/c15-8-14-17-12-2-1-11(16)7-13(12)18(14)9-10-3-5-19-6-4-10/h1-2,7,10H,3-6,8-9H2. The molecule has 0 aliphatic carbocycles. The summed E-state index contributed by atoms with van der Waals surface area (Å²) in [6.07, 6.45) is 2.57. The summed E-state index contributed by atoms with van der Waals surface area (Å²) in [5.41, 5.74) is 2.10. The third-order valence-electron chi connectivity index (χ3n) is 3.69. The van der Waals surface area contributed by atoms with Crippen molar-refractivity contribution < 1.29 is 0 Å². The van der Waals surface area contributed by atoms with Crippen LogP contribution >= 0.6 is 35.0 Å². The monoisotopic (exact) mass is 314 g/mol. The van der Waals surface area contributed by atoms with E-state index in [0.717, 1.165) is 34.3 Å². The lowest BCUT2D eigenvalue weighted by Gasteiger charge is -2.22. The van der Waals surface area contributed by atoms with Crippen molar-refractivity contribution in [3.8, 4) is 0 Å². The predicted molar refractivity (Wildman–Crippen MR) is 84.3 cm³/mol. The molecular formula is C14H16Cl2N2S. The van der Waals surface area contributed by atoms with Gasteiger partial charge in [-0.3, -0.25) is 0 Å². The smallest absolute Gasteiger partial charge is 0.124 e. The molecule has 0 spiro atoms. The average molecular weight is 315 g/mol. The second-order valence-electron chi connectivity index (χ2n) is 4.96. The molecule has 3 rings (SSSR count). The van der Waals surface area contributed by atoms with Crippen molar-refractivity contribution in [1.82, 2.24) is 9.55 Å². The summed E-state index contributed by atoms with van der Waals surface area (Å²) in [6, 6.07) is 5.86. The molecule has 0 bridgehead atoms. The summed E-state index contributed by atoms with van der Waals surface area (Å²) in [7, 11) is 0. The molecule has 0 radical (unpaired) electrons. The van der Waals surface area contributed by atoms with Crippen LogP contribution in [0.4, 0.5) is 0 Å². The van der Waals surface area contributed by atoms with Crippen LogP contribution in [0.1, 0.15) is 18.7 Å². The summed E-state index contributed by atoms with van der Waals surface area (Å²) in [5.74, 6) is 4.69. The largest absolute Gasteiger partial charge is 0.327 e. The lowest BCUT2D eigenvalue weighted by atomic mass is 10.0. The molecule has 1 aliphatic rings. The minimum atomic E-state index is 0.452. The molecule has 0 saturated carbocycles. The normalized spacial score (nSPS) is 17.2. The van der Waals surface area contributed by atoms with Gasteiger partial charge in [-0.1, -0.05) is 11.6 Å². The first-order valence-electron chi connectivity index (χ1n) is 6.56. The molecule has 102 valence electrons. The second kappa shape index (κ2) is 5.94. The van der Waals surface area contributed by atoms with Crippen LogP contribution < -0.4 is 0 Å². The van der Waals surface area contributed by atoms with E-state index in [1.807, 2.05) is 18.2 Å². The summed E-state index contributed by atoms with van der Waals surface area (Å²) in [5, 5.41) is 0.758. The topological polar surface area (TPSA) is 17.8 Å². The Bertz CT molecular complexity index is 576. The van der Waals surface area contributed by atoms with E-state index in [2.05, 4.69) is 21.3 Å². The fourth-order valence-electron chi connectivity index (χ4n) is 2.64. The molecule has 0 unspecified atom stereocenters.